The summed E-state index contributed by atoms with van der Waals surface area (Å²) in [6.45, 7) is 2.19. The molecule has 2 atom stereocenters. The van der Waals surface area contributed by atoms with Gasteiger partial charge in [0.15, 0.2) is 5.82 Å². The van der Waals surface area contributed by atoms with Gasteiger partial charge in [-0.05, 0) is 34.7 Å². The number of hydrogen-bond acceptors (Lipinski definition) is 5. The molecule has 0 amide bonds. The summed E-state index contributed by atoms with van der Waals surface area (Å²) in [5.41, 5.74) is 0. The molecular formula is C11H14BrN5. The van der Waals surface area contributed by atoms with Crippen molar-refractivity contribution in [1.29, 1.82) is 5.26 Å². The van der Waals surface area contributed by atoms with Crippen molar-refractivity contribution in [3.63, 3.8) is 0 Å². The van der Waals surface area contributed by atoms with E-state index in [2.05, 4.69) is 32.8 Å². The maximum absolute atomic E-state index is 8.80. The number of hydrogen-bond donors (Lipinski definition) is 1. The van der Waals surface area contributed by atoms with Gasteiger partial charge in [-0.1, -0.05) is 13.3 Å². The summed E-state index contributed by atoms with van der Waals surface area (Å²) in [5, 5.41) is 10.5. The molecule has 0 aromatic carbocycles. The fraction of sp³-hybridized carbons (Fsp3) is 0.545. The van der Waals surface area contributed by atoms with Gasteiger partial charge in [0.2, 0.25) is 5.82 Å². The van der Waals surface area contributed by atoms with Crippen LogP contribution in [0.25, 0.3) is 0 Å². The SMILES string of the molecule is C[C@@H]1CCC[C@@H]1N(N)c1nc(C#N)ncc1Br. The van der Waals surface area contributed by atoms with Crippen LogP contribution < -0.4 is 10.9 Å². The Balaban J connectivity index is 2.30. The number of halogens is 1. The summed E-state index contributed by atoms with van der Waals surface area (Å²) in [6, 6.07) is 2.21. The zero-order valence-electron chi connectivity index (χ0n) is 9.60. The zero-order chi connectivity index (χ0) is 12.4. The number of nitrogens with zero attached hydrogens (tertiary/aromatic N) is 4. The average molecular weight is 296 g/mol. The minimum Gasteiger partial charge on any atom is -0.290 e. The summed E-state index contributed by atoms with van der Waals surface area (Å²) < 4.78 is 0.720. The minimum atomic E-state index is 0.143. The van der Waals surface area contributed by atoms with E-state index in [1.165, 1.54) is 12.8 Å². The third-order valence-corrected chi connectivity index (χ3v) is 3.80. The van der Waals surface area contributed by atoms with Crippen LogP contribution in [0.4, 0.5) is 5.82 Å². The standard InChI is InChI=1S/C11H14BrN5/c1-7-3-2-4-9(7)17(14)11-8(12)6-15-10(5-13)16-11/h6-7,9H,2-4,14H2,1H3/t7-,9+/m1/s1. The molecule has 2 rings (SSSR count). The van der Waals surface area contributed by atoms with Crippen molar-refractivity contribution >= 4 is 21.7 Å². The second-order valence-corrected chi connectivity index (χ2v) is 5.21. The third-order valence-electron chi connectivity index (χ3n) is 3.24. The quantitative estimate of drug-likeness (QED) is 0.667. The summed E-state index contributed by atoms with van der Waals surface area (Å²) in [7, 11) is 0. The minimum absolute atomic E-state index is 0.143. The highest BCUT2D eigenvalue weighted by Crippen LogP contribution is 2.32. The molecule has 1 aliphatic rings. The summed E-state index contributed by atoms with van der Waals surface area (Å²) in [4.78, 5) is 8.04. The number of anilines is 1. The van der Waals surface area contributed by atoms with Crippen LogP contribution in [0.1, 0.15) is 32.0 Å². The molecule has 0 aliphatic heterocycles. The van der Waals surface area contributed by atoms with Gasteiger partial charge in [0, 0.05) is 12.2 Å². The molecule has 5 nitrogen and oxygen atoms in total. The lowest BCUT2D eigenvalue weighted by Gasteiger charge is -2.28. The zero-order valence-corrected chi connectivity index (χ0v) is 11.2. The van der Waals surface area contributed by atoms with Crippen LogP contribution in [0.5, 0.6) is 0 Å². The van der Waals surface area contributed by atoms with Gasteiger partial charge in [-0.2, -0.15) is 10.2 Å². The molecule has 0 unspecified atom stereocenters. The van der Waals surface area contributed by atoms with Gasteiger partial charge in [0.1, 0.15) is 6.07 Å². The van der Waals surface area contributed by atoms with Crippen molar-refractivity contribution in [1.82, 2.24) is 9.97 Å². The van der Waals surface area contributed by atoms with E-state index in [1.54, 1.807) is 11.2 Å². The summed E-state index contributed by atoms with van der Waals surface area (Å²) in [6.07, 6.45) is 5.01. The molecule has 1 aromatic rings. The summed E-state index contributed by atoms with van der Waals surface area (Å²) in [5.74, 6) is 7.40. The van der Waals surface area contributed by atoms with E-state index >= 15 is 0 Å². The highest BCUT2D eigenvalue weighted by Gasteiger charge is 2.29. The van der Waals surface area contributed by atoms with Crippen LogP contribution in [0.3, 0.4) is 0 Å². The molecule has 1 fully saturated rings. The smallest absolute Gasteiger partial charge is 0.234 e. The van der Waals surface area contributed by atoms with Crippen molar-refractivity contribution in [3.05, 3.63) is 16.5 Å². The molecule has 1 saturated carbocycles. The normalized spacial score (nSPS) is 23.4. The van der Waals surface area contributed by atoms with Crippen molar-refractivity contribution in [2.24, 2.45) is 11.8 Å². The first-order valence-corrected chi connectivity index (χ1v) is 6.39. The van der Waals surface area contributed by atoms with Gasteiger partial charge in [0.25, 0.3) is 0 Å². The van der Waals surface area contributed by atoms with E-state index < -0.39 is 0 Å². The average Bonchev–Trinajstić information content (AvgIpc) is 2.75. The van der Waals surface area contributed by atoms with E-state index in [4.69, 9.17) is 11.1 Å². The monoisotopic (exact) mass is 295 g/mol. The third kappa shape index (κ3) is 2.40. The van der Waals surface area contributed by atoms with E-state index in [0.29, 0.717) is 11.7 Å². The number of nitriles is 1. The Hall–Kier alpha value is -1.19. The number of nitrogens with two attached hydrogens (primary N) is 1. The van der Waals surface area contributed by atoms with Crippen LogP contribution in [0.15, 0.2) is 10.7 Å². The Labute approximate surface area is 109 Å². The largest absolute Gasteiger partial charge is 0.290 e. The molecule has 17 heavy (non-hydrogen) atoms. The Morgan fingerprint density at radius 1 is 1.59 bits per heavy atom. The van der Waals surface area contributed by atoms with Gasteiger partial charge in [-0.3, -0.25) is 5.01 Å². The first-order valence-electron chi connectivity index (χ1n) is 5.60. The lowest BCUT2D eigenvalue weighted by molar-refractivity contribution is 0.486. The van der Waals surface area contributed by atoms with Crippen molar-refractivity contribution < 1.29 is 0 Å². The van der Waals surface area contributed by atoms with Gasteiger partial charge in [-0.25, -0.2) is 10.8 Å². The van der Waals surface area contributed by atoms with Crippen LogP contribution in [0.2, 0.25) is 0 Å². The highest BCUT2D eigenvalue weighted by molar-refractivity contribution is 9.10. The number of hydrazine groups is 1. The fourth-order valence-corrected chi connectivity index (χ4v) is 2.69. The summed E-state index contributed by atoms with van der Waals surface area (Å²) >= 11 is 3.37. The van der Waals surface area contributed by atoms with Crippen molar-refractivity contribution in [3.8, 4) is 6.07 Å². The Kier molecular flexibility index (Phi) is 3.60. The van der Waals surface area contributed by atoms with Gasteiger partial charge >= 0.3 is 0 Å². The first kappa shape index (κ1) is 12.3. The highest BCUT2D eigenvalue weighted by atomic mass is 79.9. The van der Waals surface area contributed by atoms with Crippen LogP contribution in [-0.2, 0) is 0 Å². The van der Waals surface area contributed by atoms with Crippen molar-refractivity contribution in [2.75, 3.05) is 5.01 Å². The number of aromatic nitrogens is 2. The van der Waals surface area contributed by atoms with Crippen molar-refractivity contribution in [2.45, 2.75) is 32.2 Å². The molecule has 2 N–H and O–H groups in total. The Bertz CT molecular complexity index is 456. The molecule has 1 aromatic heterocycles. The Morgan fingerprint density at radius 2 is 2.35 bits per heavy atom. The lowest BCUT2D eigenvalue weighted by Crippen LogP contribution is -2.43. The van der Waals surface area contributed by atoms with E-state index in [-0.39, 0.29) is 11.9 Å². The predicted molar refractivity (Wildman–Crippen MR) is 67.9 cm³/mol. The molecule has 0 spiro atoms. The lowest BCUT2D eigenvalue weighted by atomic mass is 10.1. The molecule has 6 heteroatoms. The van der Waals surface area contributed by atoms with Gasteiger partial charge < -0.3 is 0 Å². The molecule has 0 saturated heterocycles. The van der Waals surface area contributed by atoms with Gasteiger partial charge in [-0.15, -0.1) is 0 Å². The van der Waals surface area contributed by atoms with Crippen LogP contribution in [-0.4, -0.2) is 16.0 Å². The van der Waals surface area contributed by atoms with E-state index in [9.17, 15) is 0 Å². The van der Waals surface area contributed by atoms with E-state index in [0.717, 1.165) is 10.9 Å². The van der Waals surface area contributed by atoms with Gasteiger partial charge in [0.05, 0.1) is 4.47 Å². The molecule has 90 valence electrons. The second kappa shape index (κ2) is 4.98. The molecule has 1 aliphatic carbocycles. The topological polar surface area (TPSA) is 78.8 Å². The van der Waals surface area contributed by atoms with Crippen LogP contribution in [0, 0.1) is 17.2 Å². The van der Waals surface area contributed by atoms with E-state index in [1.807, 2.05) is 6.07 Å². The number of rotatable bonds is 2. The first-order chi connectivity index (χ1) is 8.13. The maximum Gasteiger partial charge on any atom is 0.234 e. The molecular weight excluding hydrogens is 282 g/mol. The molecule has 1 heterocycles. The predicted octanol–water partition coefficient (Wildman–Crippen LogP) is 1.98. The van der Waals surface area contributed by atoms with Crippen LogP contribution >= 0.6 is 15.9 Å². The molecule has 0 bridgehead atoms. The maximum atomic E-state index is 8.80. The fourth-order valence-electron chi connectivity index (χ4n) is 2.29. The Morgan fingerprint density at radius 3 is 2.94 bits per heavy atom. The molecule has 0 radical (unpaired) electrons. The second-order valence-electron chi connectivity index (χ2n) is 4.36.